The van der Waals surface area contributed by atoms with Crippen molar-refractivity contribution < 1.29 is 0 Å². The first-order valence-corrected chi connectivity index (χ1v) is 3.65. The molecule has 0 atom stereocenters. The van der Waals surface area contributed by atoms with Crippen molar-refractivity contribution >= 4 is 0 Å². The zero-order chi connectivity index (χ0) is 7.40. The van der Waals surface area contributed by atoms with Gasteiger partial charge in [0.15, 0.2) is 0 Å². The predicted molar refractivity (Wildman–Crippen MR) is 43.6 cm³/mol. The van der Waals surface area contributed by atoms with Crippen LogP contribution in [-0.4, -0.2) is 24.5 Å². The molecule has 0 aromatic heterocycles. The molecule has 54 valence electrons. The van der Waals surface area contributed by atoms with E-state index in [0.29, 0.717) is 0 Å². The predicted octanol–water partition coefficient (Wildman–Crippen LogP) is 1.27. The fourth-order valence-electron chi connectivity index (χ4n) is 1.29. The lowest BCUT2D eigenvalue weighted by Gasteiger charge is -2.25. The van der Waals surface area contributed by atoms with Crippen LogP contribution in [0.25, 0.3) is 0 Å². The minimum Gasteiger partial charge on any atom is -0.288 e. The minimum absolute atomic E-state index is 0.777. The molecule has 1 aliphatic heterocycles. The van der Waals surface area contributed by atoms with Crippen molar-refractivity contribution in [2.45, 2.75) is 12.8 Å². The van der Waals surface area contributed by atoms with Gasteiger partial charge in [0.05, 0.1) is 6.54 Å². The largest absolute Gasteiger partial charge is 0.288 e. The van der Waals surface area contributed by atoms with E-state index in [1.54, 1.807) is 0 Å². The second kappa shape index (κ2) is 3.43. The van der Waals surface area contributed by atoms with Crippen molar-refractivity contribution in [2.24, 2.45) is 0 Å². The third-order valence-electron chi connectivity index (χ3n) is 1.77. The summed E-state index contributed by atoms with van der Waals surface area (Å²) in [6, 6.07) is 0. The first-order valence-electron chi connectivity index (χ1n) is 3.65. The molecule has 1 aliphatic rings. The second-order valence-electron chi connectivity index (χ2n) is 2.77. The van der Waals surface area contributed by atoms with E-state index in [1.807, 2.05) is 0 Å². The van der Waals surface area contributed by atoms with E-state index >= 15 is 0 Å². The van der Waals surface area contributed by atoms with Gasteiger partial charge in [-0.25, -0.2) is 0 Å². The fourth-order valence-corrected chi connectivity index (χ4v) is 1.29. The average molecular weight is 135 g/mol. The molecule has 1 saturated heterocycles. The average Bonchev–Trinajstić information content (AvgIpc) is 1.88. The zero-order valence-corrected chi connectivity index (χ0v) is 6.27. The van der Waals surface area contributed by atoms with Crippen LogP contribution in [0.1, 0.15) is 12.8 Å². The van der Waals surface area contributed by atoms with E-state index in [2.05, 4.69) is 17.4 Å². The van der Waals surface area contributed by atoms with Gasteiger partial charge in [-0.15, -0.1) is 6.42 Å². The molecule has 1 heterocycles. The molecule has 0 N–H and O–H groups in total. The Balaban J connectivity index is 2.34. The summed E-state index contributed by atoms with van der Waals surface area (Å²) in [5.74, 6) is 2.64. The Kier molecular flexibility index (Phi) is 2.53. The summed E-state index contributed by atoms with van der Waals surface area (Å²) in [6.07, 6.45) is 7.59. The van der Waals surface area contributed by atoms with E-state index in [-0.39, 0.29) is 0 Å². The molecule has 1 heteroatoms. The number of terminal acetylenes is 1. The summed E-state index contributed by atoms with van der Waals surface area (Å²) < 4.78 is 0. The molecular weight excluding hydrogens is 122 g/mol. The molecule has 0 saturated carbocycles. The first kappa shape index (κ1) is 7.37. The lowest BCUT2D eigenvalue weighted by molar-refractivity contribution is 0.298. The van der Waals surface area contributed by atoms with Crippen LogP contribution in [0.15, 0.2) is 12.2 Å². The Morgan fingerprint density at radius 1 is 1.70 bits per heavy atom. The lowest BCUT2D eigenvalue weighted by Crippen LogP contribution is -2.31. The number of rotatable bonds is 1. The Bertz CT molecular complexity index is 164. The summed E-state index contributed by atoms with van der Waals surface area (Å²) in [6.45, 7) is 6.86. The quantitative estimate of drug-likeness (QED) is 0.386. The number of hydrogen-bond donors (Lipinski definition) is 0. The molecule has 1 nitrogen and oxygen atoms in total. The number of likely N-dealkylation sites (tertiary alicyclic amines) is 1. The van der Waals surface area contributed by atoms with E-state index in [4.69, 9.17) is 6.42 Å². The van der Waals surface area contributed by atoms with Gasteiger partial charge in [-0.3, -0.25) is 4.90 Å². The maximum atomic E-state index is 5.18. The van der Waals surface area contributed by atoms with E-state index in [0.717, 1.165) is 19.6 Å². The van der Waals surface area contributed by atoms with Gasteiger partial charge in [-0.2, -0.15) is 0 Å². The molecule has 0 bridgehead atoms. The summed E-state index contributed by atoms with van der Waals surface area (Å²) in [5.41, 5.74) is 1.32. The van der Waals surface area contributed by atoms with E-state index in [9.17, 15) is 0 Å². The normalized spacial score (nSPS) is 20.5. The number of nitrogens with zero attached hydrogens (tertiary/aromatic N) is 1. The standard InChI is InChI=1S/C9H13N/c1-3-6-10-7-4-5-9(2)8-10/h1H,2,4-8H2. The van der Waals surface area contributed by atoms with Crippen LogP contribution in [0.5, 0.6) is 0 Å². The van der Waals surface area contributed by atoms with Crippen molar-refractivity contribution in [3.63, 3.8) is 0 Å². The molecule has 0 unspecified atom stereocenters. The van der Waals surface area contributed by atoms with Crippen LogP contribution in [0.3, 0.4) is 0 Å². The van der Waals surface area contributed by atoms with E-state index < -0.39 is 0 Å². The lowest BCUT2D eigenvalue weighted by atomic mass is 10.1. The van der Waals surface area contributed by atoms with Crippen molar-refractivity contribution in [3.8, 4) is 12.3 Å². The highest BCUT2D eigenvalue weighted by Gasteiger charge is 2.10. The van der Waals surface area contributed by atoms with Crippen molar-refractivity contribution in [2.75, 3.05) is 19.6 Å². The van der Waals surface area contributed by atoms with Crippen molar-refractivity contribution in [1.29, 1.82) is 0 Å². The van der Waals surface area contributed by atoms with Crippen LogP contribution in [0.2, 0.25) is 0 Å². The molecule has 10 heavy (non-hydrogen) atoms. The first-order chi connectivity index (χ1) is 4.83. The maximum absolute atomic E-state index is 5.18. The molecule has 0 aromatic carbocycles. The van der Waals surface area contributed by atoms with Crippen LogP contribution in [0, 0.1) is 12.3 Å². The van der Waals surface area contributed by atoms with Crippen LogP contribution >= 0.6 is 0 Å². The summed E-state index contributed by atoms with van der Waals surface area (Å²) in [5, 5.41) is 0. The zero-order valence-electron chi connectivity index (χ0n) is 6.27. The van der Waals surface area contributed by atoms with Gasteiger partial charge >= 0.3 is 0 Å². The van der Waals surface area contributed by atoms with Crippen LogP contribution < -0.4 is 0 Å². The topological polar surface area (TPSA) is 3.24 Å². The van der Waals surface area contributed by atoms with Gasteiger partial charge in [0.25, 0.3) is 0 Å². The monoisotopic (exact) mass is 135 g/mol. The van der Waals surface area contributed by atoms with Gasteiger partial charge in [0, 0.05) is 6.54 Å². The SMILES string of the molecule is C#CCN1CCCC(=C)C1. The van der Waals surface area contributed by atoms with Gasteiger partial charge in [-0.1, -0.05) is 18.1 Å². The number of hydrogen-bond acceptors (Lipinski definition) is 1. The van der Waals surface area contributed by atoms with Gasteiger partial charge in [0.1, 0.15) is 0 Å². The molecule has 1 fully saturated rings. The summed E-state index contributed by atoms with van der Waals surface area (Å²) in [4.78, 5) is 2.26. The smallest absolute Gasteiger partial charge is 0.0601 e. The van der Waals surface area contributed by atoms with Gasteiger partial charge in [0.2, 0.25) is 0 Å². The maximum Gasteiger partial charge on any atom is 0.0601 e. The van der Waals surface area contributed by atoms with Gasteiger partial charge in [-0.05, 0) is 19.4 Å². The molecular formula is C9H13N. The Labute approximate surface area is 62.7 Å². The Morgan fingerprint density at radius 3 is 3.10 bits per heavy atom. The molecule has 0 aromatic rings. The molecule has 0 aliphatic carbocycles. The second-order valence-corrected chi connectivity index (χ2v) is 2.77. The molecule has 0 radical (unpaired) electrons. The van der Waals surface area contributed by atoms with Gasteiger partial charge < -0.3 is 0 Å². The highest BCUT2D eigenvalue weighted by molar-refractivity contribution is 5.02. The Morgan fingerprint density at radius 2 is 2.50 bits per heavy atom. The third-order valence-corrected chi connectivity index (χ3v) is 1.77. The third kappa shape index (κ3) is 1.89. The minimum atomic E-state index is 0.777. The fraction of sp³-hybridized carbons (Fsp3) is 0.556. The molecule has 0 spiro atoms. The van der Waals surface area contributed by atoms with Crippen LogP contribution in [-0.2, 0) is 0 Å². The molecule has 0 amide bonds. The Hall–Kier alpha value is -0.740. The summed E-state index contributed by atoms with van der Waals surface area (Å²) >= 11 is 0. The summed E-state index contributed by atoms with van der Waals surface area (Å²) in [7, 11) is 0. The van der Waals surface area contributed by atoms with Crippen LogP contribution in [0.4, 0.5) is 0 Å². The van der Waals surface area contributed by atoms with E-state index in [1.165, 1.54) is 18.4 Å². The number of piperidine rings is 1. The van der Waals surface area contributed by atoms with Crippen molar-refractivity contribution in [1.82, 2.24) is 4.90 Å². The van der Waals surface area contributed by atoms with Crippen molar-refractivity contribution in [3.05, 3.63) is 12.2 Å². The molecule has 1 rings (SSSR count). The highest BCUT2D eigenvalue weighted by Crippen LogP contribution is 2.11. The highest BCUT2D eigenvalue weighted by atomic mass is 15.1.